The number of carbonyl (C=O) groups excluding carboxylic acids is 2. The zero-order chi connectivity index (χ0) is 21.3. The zero-order valence-electron chi connectivity index (χ0n) is 17.7. The lowest BCUT2D eigenvalue weighted by atomic mass is 9.73. The molecule has 2 saturated heterocycles. The number of morpholine rings is 1. The molecular weight excluding hydrogens is 392 g/mol. The molecular formula is C24H28N4O3. The summed E-state index contributed by atoms with van der Waals surface area (Å²) in [6.45, 7) is 4.05. The van der Waals surface area contributed by atoms with E-state index < -0.39 is 0 Å². The van der Waals surface area contributed by atoms with Gasteiger partial charge in [-0.05, 0) is 41.7 Å². The van der Waals surface area contributed by atoms with Crippen LogP contribution in [-0.4, -0.2) is 71.0 Å². The van der Waals surface area contributed by atoms with Gasteiger partial charge < -0.3 is 14.5 Å². The van der Waals surface area contributed by atoms with Crippen LogP contribution in [0, 0.1) is 0 Å². The Bertz CT molecular complexity index is 950. The van der Waals surface area contributed by atoms with Gasteiger partial charge in [-0.25, -0.2) is 4.98 Å². The third-order valence-electron chi connectivity index (χ3n) is 7.18. The Balaban J connectivity index is 1.30. The minimum atomic E-state index is -0.0479. The summed E-state index contributed by atoms with van der Waals surface area (Å²) in [7, 11) is 0. The average Bonchev–Trinajstić information content (AvgIpc) is 3.13. The molecule has 0 saturated carbocycles. The van der Waals surface area contributed by atoms with Crippen LogP contribution in [0.2, 0.25) is 0 Å². The Labute approximate surface area is 182 Å². The summed E-state index contributed by atoms with van der Waals surface area (Å²) in [4.78, 5) is 37.8. The smallest absolute Gasteiger partial charge is 0.274 e. The van der Waals surface area contributed by atoms with Crippen LogP contribution >= 0.6 is 0 Å². The molecule has 2 amide bonds. The van der Waals surface area contributed by atoms with E-state index in [1.54, 1.807) is 12.4 Å². The summed E-state index contributed by atoms with van der Waals surface area (Å²) in [6.07, 6.45) is 8.04. The molecule has 1 aromatic carbocycles. The monoisotopic (exact) mass is 420 g/mol. The molecule has 2 fully saturated rings. The topological polar surface area (TPSA) is 75.6 Å². The molecule has 3 heterocycles. The van der Waals surface area contributed by atoms with Crippen LogP contribution in [-0.2, 0) is 14.9 Å². The summed E-state index contributed by atoms with van der Waals surface area (Å²) in [6, 6.07) is 8.60. The van der Waals surface area contributed by atoms with E-state index in [0.29, 0.717) is 51.5 Å². The Morgan fingerprint density at radius 2 is 1.81 bits per heavy atom. The van der Waals surface area contributed by atoms with Gasteiger partial charge >= 0.3 is 0 Å². The molecule has 7 nitrogen and oxygen atoms in total. The lowest BCUT2D eigenvalue weighted by Crippen LogP contribution is -2.44. The maximum Gasteiger partial charge on any atom is 0.274 e. The number of benzene rings is 1. The van der Waals surface area contributed by atoms with E-state index in [-0.39, 0.29) is 23.1 Å². The summed E-state index contributed by atoms with van der Waals surface area (Å²) >= 11 is 0. The van der Waals surface area contributed by atoms with Crippen molar-refractivity contribution in [3.63, 3.8) is 0 Å². The van der Waals surface area contributed by atoms with Gasteiger partial charge in [0.1, 0.15) is 5.69 Å². The van der Waals surface area contributed by atoms with Gasteiger partial charge in [0.05, 0.1) is 19.4 Å². The first kappa shape index (κ1) is 20.1. The Morgan fingerprint density at radius 1 is 1.03 bits per heavy atom. The number of hydrogen-bond acceptors (Lipinski definition) is 5. The predicted molar refractivity (Wildman–Crippen MR) is 115 cm³/mol. The van der Waals surface area contributed by atoms with Gasteiger partial charge in [-0.1, -0.05) is 24.3 Å². The van der Waals surface area contributed by atoms with E-state index in [4.69, 9.17) is 4.74 Å². The van der Waals surface area contributed by atoms with Gasteiger partial charge in [0.2, 0.25) is 5.91 Å². The summed E-state index contributed by atoms with van der Waals surface area (Å²) in [5.41, 5.74) is 3.14. The van der Waals surface area contributed by atoms with Crippen molar-refractivity contribution in [2.75, 3.05) is 39.4 Å². The molecule has 5 rings (SSSR count). The quantitative estimate of drug-likeness (QED) is 0.762. The predicted octanol–water partition coefficient (Wildman–Crippen LogP) is 2.39. The number of nitrogens with zero attached hydrogens (tertiary/aromatic N) is 4. The molecule has 0 N–H and O–H groups in total. The van der Waals surface area contributed by atoms with E-state index in [1.165, 1.54) is 17.3 Å². The average molecular weight is 421 g/mol. The second-order valence-electron chi connectivity index (χ2n) is 8.85. The molecule has 0 radical (unpaired) electrons. The second kappa shape index (κ2) is 8.38. The van der Waals surface area contributed by atoms with Crippen molar-refractivity contribution in [3.05, 3.63) is 59.7 Å². The largest absolute Gasteiger partial charge is 0.378 e. The summed E-state index contributed by atoms with van der Waals surface area (Å²) in [5.74, 6) is 0.428. The van der Waals surface area contributed by atoms with Crippen molar-refractivity contribution in [2.45, 2.75) is 37.0 Å². The third-order valence-corrected chi connectivity index (χ3v) is 7.18. The summed E-state index contributed by atoms with van der Waals surface area (Å²) < 4.78 is 5.39. The number of ether oxygens (including phenoxy) is 1. The molecule has 1 aromatic heterocycles. The molecule has 7 heteroatoms. The fourth-order valence-electron chi connectivity index (χ4n) is 5.55. The number of carbonyl (C=O) groups is 2. The molecule has 31 heavy (non-hydrogen) atoms. The van der Waals surface area contributed by atoms with E-state index in [0.717, 1.165) is 19.3 Å². The van der Waals surface area contributed by atoms with Gasteiger partial charge in [-0.15, -0.1) is 0 Å². The molecule has 2 aliphatic heterocycles. The Morgan fingerprint density at radius 3 is 2.55 bits per heavy atom. The van der Waals surface area contributed by atoms with Crippen molar-refractivity contribution in [2.24, 2.45) is 0 Å². The van der Waals surface area contributed by atoms with E-state index in [2.05, 4.69) is 34.2 Å². The van der Waals surface area contributed by atoms with Crippen LogP contribution in [0.4, 0.5) is 0 Å². The molecule has 162 valence electrons. The number of rotatable bonds is 3. The second-order valence-corrected chi connectivity index (χ2v) is 8.85. The minimum absolute atomic E-state index is 0.0473. The molecule has 0 bridgehead atoms. The minimum Gasteiger partial charge on any atom is -0.378 e. The number of fused-ring (bicyclic) bond motifs is 2. The van der Waals surface area contributed by atoms with Crippen LogP contribution in [0.1, 0.15) is 53.2 Å². The maximum absolute atomic E-state index is 12.9. The van der Waals surface area contributed by atoms with E-state index in [1.807, 2.05) is 9.80 Å². The van der Waals surface area contributed by atoms with Crippen molar-refractivity contribution in [1.82, 2.24) is 19.8 Å². The van der Waals surface area contributed by atoms with Crippen LogP contribution in [0.25, 0.3) is 0 Å². The molecule has 1 aliphatic carbocycles. The molecule has 3 aliphatic rings. The van der Waals surface area contributed by atoms with Gasteiger partial charge in [0.15, 0.2) is 0 Å². The van der Waals surface area contributed by atoms with Gasteiger partial charge in [-0.2, -0.15) is 0 Å². The lowest BCUT2D eigenvalue weighted by Gasteiger charge is -2.40. The van der Waals surface area contributed by atoms with Gasteiger partial charge in [0.25, 0.3) is 5.91 Å². The highest BCUT2D eigenvalue weighted by Crippen LogP contribution is 2.52. The number of hydrogen-bond donors (Lipinski definition) is 0. The third kappa shape index (κ3) is 3.82. The zero-order valence-corrected chi connectivity index (χ0v) is 17.7. The number of aromatic nitrogens is 2. The molecule has 1 spiro atoms. The van der Waals surface area contributed by atoms with Crippen LogP contribution in [0.3, 0.4) is 0 Å². The molecule has 1 atom stereocenters. The number of piperidine rings is 1. The van der Waals surface area contributed by atoms with Crippen LogP contribution < -0.4 is 0 Å². The SMILES string of the molecule is O=C(C[C@@H]1CC2(CCN(C(=O)c3cnccn3)CC2)c2ccccc21)N1CCOCC1. The van der Waals surface area contributed by atoms with Gasteiger partial charge in [0, 0.05) is 45.0 Å². The van der Waals surface area contributed by atoms with E-state index in [9.17, 15) is 9.59 Å². The highest BCUT2D eigenvalue weighted by Gasteiger charge is 2.46. The number of amides is 2. The van der Waals surface area contributed by atoms with Crippen molar-refractivity contribution in [3.8, 4) is 0 Å². The highest BCUT2D eigenvalue weighted by molar-refractivity contribution is 5.92. The fraction of sp³-hybridized carbons (Fsp3) is 0.500. The van der Waals surface area contributed by atoms with Crippen LogP contribution in [0.5, 0.6) is 0 Å². The fourth-order valence-corrected chi connectivity index (χ4v) is 5.55. The highest BCUT2D eigenvalue weighted by atomic mass is 16.5. The first-order valence-electron chi connectivity index (χ1n) is 11.2. The molecule has 2 aromatic rings. The molecule has 0 unspecified atom stereocenters. The standard InChI is InChI=1S/C24H28N4O3/c29-22(27-11-13-31-14-12-27)15-18-16-24(20-4-2-1-3-19(18)20)5-9-28(10-6-24)23(30)21-17-25-7-8-26-21/h1-4,7-8,17-18H,5-6,9-16H2/t18-/m1/s1. The first-order chi connectivity index (χ1) is 15.2. The van der Waals surface area contributed by atoms with Gasteiger partial charge in [-0.3, -0.25) is 14.6 Å². The lowest BCUT2D eigenvalue weighted by molar-refractivity contribution is -0.135. The maximum atomic E-state index is 12.9. The Kier molecular flexibility index (Phi) is 5.44. The van der Waals surface area contributed by atoms with Crippen LogP contribution in [0.15, 0.2) is 42.9 Å². The summed E-state index contributed by atoms with van der Waals surface area (Å²) in [5, 5.41) is 0. The van der Waals surface area contributed by atoms with Crippen molar-refractivity contribution < 1.29 is 14.3 Å². The normalized spacial score (nSPS) is 22.4. The number of likely N-dealkylation sites (tertiary alicyclic amines) is 1. The van der Waals surface area contributed by atoms with E-state index >= 15 is 0 Å². The Hall–Kier alpha value is -2.80. The van der Waals surface area contributed by atoms with Crippen molar-refractivity contribution >= 4 is 11.8 Å². The van der Waals surface area contributed by atoms with Crippen molar-refractivity contribution in [1.29, 1.82) is 0 Å². The first-order valence-corrected chi connectivity index (χ1v) is 11.2.